The molecule has 0 spiro atoms. The highest BCUT2D eigenvalue weighted by Gasteiger charge is 2.28. The third-order valence-corrected chi connectivity index (χ3v) is 4.84. The van der Waals surface area contributed by atoms with Gasteiger partial charge in [-0.1, -0.05) is 39.0 Å². The molecule has 2 nitrogen and oxygen atoms in total. The molecule has 1 N–H and O–H groups in total. The average molecular weight is 239 g/mol. The largest absolute Gasteiger partial charge is 0.393 e. The first-order valence-electron chi connectivity index (χ1n) is 7.73. The number of rotatable bonds is 4. The first kappa shape index (κ1) is 13.4. The van der Waals surface area contributed by atoms with Gasteiger partial charge in [-0.3, -0.25) is 0 Å². The molecular formula is C15H29NO. The van der Waals surface area contributed by atoms with E-state index in [0.29, 0.717) is 5.92 Å². The highest BCUT2D eigenvalue weighted by atomic mass is 16.3. The molecule has 2 atom stereocenters. The van der Waals surface area contributed by atoms with E-state index >= 15 is 0 Å². The van der Waals surface area contributed by atoms with Crippen LogP contribution in [0.25, 0.3) is 0 Å². The molecule has 2 aliphatic carbocycles. The van der Waals surface area contributed by atoms with E-state index in [4.69, 9.17) is 0 Å². The maximum atomic E-state index is 10.1. The molecule has 2 rings (SSSR count). The second kappa shape index (κ2) is 6.75. The van der Waals surface area contributed by atoms with Gasteiger partial charge in [0.1, 0.15) is 0 Å². The molecule has 0 aromatic rings. The fourth-order valence-corrected chi connectivity index (χ4v) is 3.68. The molecule has 0 aromatic heterocycles. The van der Waals surface area contributed by atoms with Crippen LogP contribution in [0.2, 0.25) is 0 Å². The lowest BCUT2D eigenvalue weighted by Gasteiger charge is -2.38. The van der Waals surface area contributed by atoms with Crippen LogP contribution < -0.4 is 0 Å². The molecule has 0 heterocycles. The van der Waals surface area contributed by atoms with Crippen molar-refractivity contribution >= 4 is 0 Å². The van der Waals surface area contributed by atoms with Crippen LogP contribution in [0.5, 0.6) is 0 Å². The third kappa shape index (κ3) is 3.69. The van der Waals surface area contributed by atoms with Gasteiger partial charge in [-0.05, 0) is 38.1 Å². The van der Waals surface area contributed by atoms with Crippen LogP contribution in [0.4, 0.5) is 0 Å². The van der Waals surface area contributed by atoms with Crippen molar-refractivity contribution in [1.82, 2.24) is 4.90 Å². The summed E-state index contributed by atoms with van der Waals surface area (Å²) in [4.78, 5) is 2.65. The van der Waals surface area contributed by atoms with Crippen LogP contribution in [0, 0.1) is 5.92 Å². The number of aliphatic hydroxyl groups excluding tert-OH is 1. The molecule has 0 bridgehead atoms. The second-order valence-corrected chi connectivity index (χ2v) is 5.99. The number of nitrogens with zero attached hydrogens (tertiary/aromatic N) is 1. The Morgan fingerprint density at radius 1 is 0.941 bits per heavy atom. The van der Waals surface area contributed by atoms with Gasteiger partial charge in [0.15, 0.2) is 0 Å². The lowest BCUT2D eigenvalue weighted by Crippen LogP contribution is -2.43. The van der Waals surface area contributed by atoms with E-state index in [0.717, 1.165) is 25.6 Å². The predicted molar refractivity (Wildman–Crippen MR) is 72.1 cm³/mol. The van der Waals surface area contributed by atoms with Gasteiger partial charge in [-0.15, -0.1) is 0 Å². The molecule has 0 aliphatic heterocycles. The first-order chi connectivity index (χ1) is 8.31. The van der Waals surface area contributed by atoms with Gasteiger partial charge in [0, 0.05) is 12.6 Å². The summed E-state index contributed by atoms with van der Waals surface area (Å²) in [6.07, 6.45) is 11.8. The van der Waals surface area contributed by atoms with Crippen LogP contribution in [0.3, 0.4) is 0 Å². The highest BCUT2D eigenvalue weighted by Crippen LogP contribution is 2.28. The van der Waals surface area contributed by atoms with Crippen LogP contribution in [0.1, 0.15) is 64.7 Å². The van der Waals surface area contributed by atoms with Crippen molar-refractivity contribution in [3.05, 3.63) is 0 Å². The van der Waals surface area contributed by atoms with Gasteiger partial charge < -0.3 is 10.0 Å². The number of aliphatic hydroxyl groups is 1. The minimum Gasteiger partial charge on any atom is -0.393 e. The fraction of sp³-hybridized carbons (Fsp3) is 1.00. The summed E-state index contributed by atoms with van der Waals surface area (Å²) in [5.41, 5.74) is 0. The van der Waals surface area contributed by atoms with Crippen molar-refractivity contribution in [3.63, 3.8) is 0 Å². The number of hydrogen-bond donors (Lipinski definition) is 1. The van der Waals surface area contributed by atoms with Crippen molar-refractivity contribution in [3.8, 4) is 0 Å². The van der Waals surface area contributed by atoms with Crippen molar-refractivity contribution in [2.45, 2.75) is 76.9 Å². The average Bonchev–Trinajstić information content (AvgIpc) is 2.39. The Morgan fingerprint density at radius 2 is 1.59 bits per heavy atom. The molecule has 17 heavy (non-hydrogen) atoms. The zero-order valence-corrected chi connectivity index (χ0v) is 11.4. The summed E-state index contributed by atoms with van der Waals surface area (Å²) in [5, 5.41) is 10.1. The Bertz CT molecular complexity index is 213. The summed E-state index contributed by atoms with van der Waals surface area (Å²) >= 11 is 0. The lowest BCUT2D eigenvalue weighted by molar-refractivity contribution is 0.0324. The first-order valence-corrected chi connectivity index (χ1v) is 7.73. The maximum absolute atomic E-state index is 10.1. The van der Waals surface area contributed by atoms with Crippen molar-refractivity contribution in [1.29, 1.82) is 0 Å². The molecule has 0 amide bonds. The van der Waals surface area contributed by atoms with Gasteiger partial charge in [-0.25, -0.2) is 0 Å². The lowest BCUT2D eigenvalue weighted by atomic mass is 9.85. The van der Waals surface area contributed by atoms with Gasteiger partial charge in [0.05, 0.1) is 6.10 Å². The monoisotopic (exact) mass is 239 g/mol. The van der Waals surface area contributed by atoms with E-state index in [1.165, 1.54) is 51.4 Å². The SMILES string of the molecule is CCN(CC1CCCCC1O)C1CCCCC1. The van der Waals surface area contributed by atoms with Crippen molar-refractivity contribution in [2.75, 3.05) is 13.1 Å². The summed E-state index contributed by atoms with van der Waals surface area (Å²) in [6.45, 7) is 4.58. The molecule has 100 valence electrons. The quantitative estimate of drug-likeness (QED) is 0.814. The fourth-order valence-electron chi connectivity index (χ4n) is 3.68. The van der Waals surface area contributed by atoms with Gasteiger partial charge in [0.25, 0.3) is 0 Å². The van der Waals surface area contributed by atoms with E-state index < -0.39 is 0 Å². The molecule has 0 aromatic carbocycles. The van der Waals surface area contributed by atoms with Gasteiger partial charge in [-0.2, -0.15) is 0 Å². The highest BCUT2D eigenvalue weighted by molar-refractivity contribution is 4.81. The Hall–Kier alpha value is -0.0800. The standard InChI is InChI=1S/C15H29NO/c1-2-16(14-9-4-3-5-10-14)12-13-8-6-7-11-15(13)17/h13-15,17H,2-12H2,1H3. The predicted octanol–water partition coefficient (Wildman–Crippen LogP) is 3.19. The molecule has 2 saturated carbocycles. The van der Waals surface area contributed by atoms with Crippen LogP contribution >= 0.6 is 0 Å². The summed E-state index contributed by atoms with van der Waals surface area (Å²) in [7, 11) is 0. The summed E-state index contributed by atoms with van der Waals surface area (Å²) in [5.74, 6) is 0.547. The van der Waals surface area contributed by atoms with Crippen LogP contribution in [-0.4, -0.2) is 35.2 Å². The van der Waals surface area contributed by atoms with E-state index in [1.807, 2.05) is 0 Å². The maximum Gasteiger partial charge on any atom is 0.0580 e. The second-order valence-electron chi connectivity index (χ2n) is 5.99. The van der Waals surface area contributed by atoms with Gasteiger partial charge >= 0.3 is 0 Å². The van der Waals surface area contributed by atoms with E-state index in [-0.39, 0.29) is 6.10 Å². The summed E-state index contributed by atoms with van der Waals surface area (Å²) in [6, 6.07) is 0.808. The third-order valence-electron chi connectivity index (χ3n) is 4.84. The molecule has 2 aliphatic rings. The zero-order valence-electron chi connectivity index (χ0n) is 11.4. The molecule has 0 saturated heterocycles. The van der Waals surface area contributed by atoms with Crippen LogP contribution in [0.15, 0.2) is 0 Å². The normalized spacial score (nSPS) is 31.9. The zero-order chi connectivity index (χ0) is 12.1. The minimum atomic E-state index is -0.0265. The molecule has 0 radical (unpaired) electrons. The van der Waals surface area contributed by atoms with Gasteiger partial charge in [0.2, 0.25) is 0 Å². The van der Waals surface area contributed by atoms with E-state index in [9.17, 15) is 5.11 Å². The smallest absolute Gasteiger partial charge is 0.0580 e. The molecule has 2 heteroatoms. The van der Waals surface area contributed by atoms with Crippen molar-refractivity contribution in [2.24, 2.45) is 5.92 Å². The van der Waals surface area contributed by atoms with Crippen molar-refractivity contribution < 1.29 is 5.11 Å². The number of hydrogen-bond acceptors (Lipinski definition) is 2. The Kier molecular flexibility index (Phi) is 5.30. The Balaban J connectivity index is 1.84. The minimum absolute atomic E-state index is 0.0265. The summed E-state index contributed by atoms with van der Waals surface area (Å²) < 4.78 is 0. The molecular weight excluding hydrogens is 210 g/mol. The molecule has 2 unspecified atom stereocenters. The van der Waals surface area contributed by atoms with E-state index in [2.05, 4.69) is 11.8 Å². The van der Waals surface area contributed by atoms with Crippen LogP contribution in [-0.2, 0) is 0 Å². The topological polar surface area (TPSA) is 23.5 Å². The Labute approximate surface area is 106 Å². The molecule has 2 fully saturated rings. The Morgan fingerprint density at radius 3 is 2.24 bits per heavy atom. The van der Waals surface area contributed by atoms with E-state index in [1.54, 1.807) is 0 Å².